The number of aliphatic imine (C=N–C) groups is 1. The zero-order valence-electron chi connectivity index (χ0n) is 12.6. The molecule has 0 bridgehead atoms. The van der Waals surface area contributed by atoms with Crippen LogP contribution >= 0.6 is 0 Å². The van der Waals surface area contributed by atoms with Crippen molar-refractivity contribution in [2.75, 3.05) is 6.61 Å². The van der Waals surface area contributed by atoms with Crippen LogP contribution < -0.4 is 10.1 Å². The summed E-state index contributed by atoms with van der Waals surface area (Å²) in [5, 5.41) is 2.63. The minimum Gasteiger partial charge on any atom is -0.491 e. The van der Waals surface area contributed by atoms with Crippen LogP contribution in [0.1, 0.15) is 17.2 Å². The smallest absolute Gasteiger partial charge is 0.433 e. The molecule has 0 radical (unpaired) electrons. The number of halogens is 3. The summed E-state index contributed by atoms with van der Waals surface area (Å²) in [5.41, 5.74) is 0.448. The van der Waals surface area contributed by atoms with Crippen LogP contribution in [-0.2, 0) is 9.59 Å². The average Bonchev–Trinajstić information content (AvgIpc) is 2.88. The minimum absolute atomic E-state index is 0.201. The van der Waals surface area contributed by atoms with Gasteiger partial charge in [-0.05, 0) is 19.1 Å². The van der Waals surface area contributed by atoms with E-state index >= 15 is 0 Å². The molecule has 1 N–H and O–H groups in total. The average molecular weight is 338 g/mol. The van der Waals surface area contributed by atoms with Crippen molar-refractivity contribution in [2.24, 2.45) is 10.9 Å². The zero-order valence-corrected chi connectivity index (χ0v) is 12.6. The van der Waals surface area contributed by atoms with Gasteiger partial charge in [-0.3, -0.25) is 9.59 Å². The van der Waals surface area contributed by atoms with Crippen LogP contribution in [0, 0.1) is 12.8 Å². The molecule has 5 nitrogen and oxygen atoms in total. The second-order valence-corrected chi connectivity index (χ2v) is 5.58. The van der Waals surface area contributed by atoms with Crippen LogP contribution in [-0.4, -0.2) is 30.3 Å². The van der Waals surface area contributed by atoms with Gasteiger partial charge in [-0.2, -0.15) is 13.2 Å². The maximum atomic E-state index is 12.5. The lowest BCUT2D eigenvalue weighted by Crippen LogP contribution is -2.39. The lowest BCUT2D eigenvalue weighted by atomic mass is 10.0. The van der Waals surface area contributed by atoms with Gasteiger partial charge in [-0.15, -0.1) is 0 Å². The number of aryl methyl sites for hydroxylation is 1. The van der Waals surface area contributed by atoms with Crippen molar-refractivity contribution in [2.45, 2.75) is 19.1 Å². The predicted octanol–water partition coefficient (Wildman–Crippen LogP) is 2.26. The molecule has 126 valence electrons. The summed E-state index contributed by atoms with van der Waals surface area (Å²) in [6, 6.07) is 5.04. The molecule has 0 aliphatic carbocycles. The summed E-state index contributed by atoms with van der Waals surface area (Å²) in [6.07, 6.45) is -3.15. The number of hydrogen-bond donors (Lipinski definition) is 1. The molecule has 2 atom stereocenters. The van der Waals surface area contributed by atoms with Crippen LogP contribution in [0.25, 0.3) is 0 Å². The molecule has 0 aromatic heterocycles. The van der Waals surface area contributed by atoms with E-state index < -0.39 is 35.7 Å². The number of benzene rings is 1. The van der Waals surface area contributed by atoms with E-state index in [1.165, 1.54) is 0 Å². The highest BCUT2D eigenvalue weighted by molar-refractivity contribution is 6.14. The van der Waals surface area contributed by atoms with Crippen LogP contribution in [0.2, 0.25) is 0 Å². The van der Waals surface area contributed by atoms with E-state index in [0.717, 1.165) is 17.2 Å². The van der Waals surface area contributed by atoms with E-state index in [1.54, 1.807) is 6.07 Å². The van der Waals surface area contributed by atoms with Gasteiger partial charge < -0.3 is 10.1 Å². The second kappa shape index (κ2) is 5.77. The number of dihydropyridines is 1. The second-order valence-electron chi connectivity index (χ2n) is 5.58. The number of nitrogens with zero attached hydrogens (tertiary/aromatic N) is 1. The van der Waals surface area contributed by atoms with Gasteiger partial charge in [0.15, 0.2) is 0 Å². The fourth-order valence-corrected chi connectivity index (χ4v) is 2.57. The lowest BCUT2D eigenvalue weighted by Gasteiger charge is -2.18. The number of alkyl halides is 3. The largest absolute Gasteiger partial charge is 0.491 e. The van der Waals surface area contributed by atoms with E-state index in [0.29, 0.717) is 11.8 Å². The number of ether oxygens (including phenoxy) is 1. The summed E-state index contributed by atoms with van der Waals surface area (Å²) in [4.78, 5) is 26.9. The molecule has 24 heavy (non-hydrogen) atoms. The summed E-state index contributed by atoms with van der Waals surface area (Å²) in [5.74, 6) is -2.58. The number of carbonyl (C=O) groups excluding carboxylic acids is 2. The summed E-state index contributed by atoms with van der Waals surface area (Å²) >= 11 is 0. The van der Waals surface area contributed by atoms with Crippen LogP contribution in [0.5, 0.6) is 5.75 Å². The summed E-state index contributed by atoms with van der Waals surface area (Å²) in [7, 11) is 0. The molecule has 0 saturated heterocycles. The molecule has 2 aliphatic heterocycles. The van der Waals surface area contributed by atoms with Gasteiger partial charge in [-0.25, -0.2) is 4.99 Å². The highest BCUT2D eigenvalue weighted by atomic mass is 19.4. The Hall–Kier alpha value is -2.64. The molecule has 8 heteroatoms. The van der Waals surface area contributed by atoms with Crippen molar-refractivity contribution >= 4 is 17.5 Å². The summed E-state index contributed by atoms with van der Waals surface area (Å²) in [6.45, 7) is 2.09. The number of fused-ring (bicyclic) bond motifs is 1. The van der Waals surface area contributed by atoms with Crippen LogP contribution in [0.4, 0.5) is 13.2 Å². The van der Waals surface area contributed by atoms with Gasteiger partial charge in [0.05, 0.1) is 6.04 Å². The number of hydrogen-bond acceptors (Lipinski definition) is 3. The third-order valence-electron chi connectivity index (χ3n) is 3.78. The molecular weight excluding hydrogens is 325 g/mol. The van der Waals surface area contributed by atoms with Crippen molar-refractivity contribution in [3.8, 4) is 5.75 Å². The van der Waals surface area contributed by atoms with Crippen molar-refractivity contribution < 1.29 is 27.5 Å². The number of allylic oxidation sites excluding steroid dienone is 1. The standard InChI is InChI=1S/C16H13F3N2O3/c1-8-2-4-12-10(6-8)11(7-24-12)20-14(22)9-3-5-13(16(17,18)19)21-15(9)23/h2-6,9,11H,7H2,1H3,(H,20,22). The highest BCUT2D eigenvalue weighted by Crippen LogP contribution is 2.33. The third kappa shape index (κ3) is 3.04. The van der Waals surface area contributed by atoms with E-state index in [2.05, 4.69) is 10.3 Å². The van der Waals surface area contributed by atoms with Crippen LogP contribution in [0.15, 0.2) is 35.3 Å². The normalized spacial score (nSPS) is 22.7. The topological polar surface area (TPSA) is 67.8 Å². The molecule has 0 saturated carbocycles. The Labute approximate surface area is 135 Å². The molecule has 1 aromatic rings. The highest BCUT2D eigenvalue weighted by Gasteiger charge is 2.39. The molecule has 1 aromatic carbocycles. The summed E-state index contributed by atoms with van der Waals surface area (Å²) < 4.78 is 43.0. The molecule has 3 rings (SSSR count). The maximum Gasteiger partial charge on any atom is 0.433 e. The SMILES string of the molecule is Cc1ccc2c(c1)C(NC(=O)C1C=CC(C(F)(F)F)=NC1=O)CO2. The van der Waals surface area contributed by atoms with E-state index in [9.17, 15) is 22.8 Å². The van der Waals surface area contributed by atoms with Gasteiger partial charge in [0.1, 0.15) is 24.0 Å². The molecule has 2 aliphatic rings. The number of rotatable bonds is 2. The Bertz CT molecular complexity index is 768. The quantitative estimate of drug-likeness (QED) is 0.841. The first-order chi connectivity index (χ1) is 11.3. The van der Waals surface area contributed by atoms with Gasteiger partial charge in [-0.1, -0.05) is 23.8 Å². The molecule has 0 fully saturated rings. The monoisotopic (exact) mass is 338 g/mol. The van der Waals surface area contributed by atoms with E-state index in [-0.39, 0.29) is 6.61 Å². The zero-order chi connectivity index (χ0) is 17.5. The van der Waals surface area contributed by atoms with Gasteiger partial charge in [0.25, 0.3) is 5.91 Å². The first kappa shape index (κ1) is 16.2. The predicted molar refractivity (Wildman–Crippen MR) is 78.7 cm³/mol. The molecule has 2 unspecified atom stereocenters. The van der Waals surface area contributed by atoms with Gasteiger partial charge in [0, 0.05) is 5.56 Å². The maximum absolute atomic E-state index is 12.5. The molecule has 0 spiro atoms. The van der Waals surface area contributed by atoms with Crippen molar-refractivity contribution in [1.29, 1.82) is 0 Å². The number of amides is 2. The lowest BCUT2D eigenvalue weighted by molar-refractivity contribution is -0.132. The Morgan fingerprint density at radius 3 is 2.79 bits per heavy atom. The van der Waals surface area contributed by atoms with Gasteiger partial charge in [0.2, 0.25) is 5.91 Å². The molecule has 2 heterocycles. The molecule has 2 amide bonds. The van der Waals surface area contributed by atoms with Crippen LogP contribution in [0.3, 0.4) is 0 Å². The van der Waals surface area contributed by atoms with Crippen molar-refractivity contribution in [1.82, 2.24) is 5.32 Å². The van der Waals surface area contributed by atoms with Crippen molar-refractivity contribution in [3.63, 3.8) is 0 Å². The van der Waals surface area contributed by atoms with Crippen molar-refractivity contribution in [3.05, 3.63) is 41.5 Å². The fourth-order valence-electron chi connectivity index (χ4n) is 2.57. The Morgan fingerprint density at radius 1 is 1.38 bits per heavy atom. The first-order valence-corrected chi connectivity index (χ1v) is 7.17. The number of carbonyl (C=O) groups is 2. The Kier molecular flexibility index (Phi) is 3.90. The van der Waals surface area contributed by atoms with E-state index in [4.69, 9.17) is 4.74 Å². The Morgan fingerprint density at radius 2 is 2.12 bits per heavy atom. The first-order valence-electron chi connectivity index (χ1n) is 7.17. The van der Waals surface area contributed by atoms with E-state index in [1.807, 2.05) is 19.1 Å². The number of nitrogens with one attached hydrogen (secondary N) is 1. The minimum atomic E-state index is -4.72. The molecular formula is C16H13F3N2O3. The van der Waals surface area contributed by atoms with Gasteiger partial charge >= 0.3 is 6.18 Å². The third-order valence-corrected chi connectivity index (χ3v) is 3.78. The fraction of sp³-hybridized carbons (Fsp3) is 0.312. The Balaban J connectivity index is 1.72.